The number of hydrogen-bond acceptors (Lipinski definition) is 17. The number of hydrogen-bond donors (Lipinski definition) is 9. The zero-order valence-electron chi connectivity index (χ0n) is 31.4. The molecule has 0 unspecified atom stereocenters. The lowest BCUT2D eigenvalue weighted by Gasteiger charge is -2.12. The largest absolute Gasteiger partial charge is 0.507 e. The number of amidine groups is 1. The van der Waals surface area contributed by atoms with Crippen molar-refractivity contribution in [3.8, 4) is 23.0 Å². The lowest BCUT2D eigenvalue weighted by Crippen LogP contribution is -2.10. The molecule has 0 atom stereocenters. The third kappa shape index (κ3) is 9.90. The average molecular weight is 967 g/mol. The molecule has 6 rings (SSSR count). The van der Waals surface area contributed by atoms with Crippen LogP contribution in [0.2, 0.25) is 5.02 Å². The van der Waals surface area contributed by atoms with E-state index in [9.17, 15) is 72.3 Å². The van der Waals surface area contributed by atoms with Crippen LogP contribution < -0.4 is 10.1 Å². The van der Waals surface area contributed by atoms with Gasteiger partial charge in [-0.2, -0.15) is 43.8 Å². The molecule has 6 aromatic carbocycles. The third-order valence-electron chi connectivity index (χ3n) is 8.70. The number of phenolic OH excluding ortho intramolecular Hbond substituents is 3. The Morgan fingerprint density at radius 1 is 0.619 bits per heavy atom. The Bertz CT molecular complexity index is 3490. The fourth-order valence-corrected chi connectivity index (χ4v) is 8.34. The standard InChI is InChI=1S/C35H27ClN6O17S4/c1-15-5-25(29(59-2)14-24(15)39-40-26-11-19(60(47,48)49)7-17-8-20(61(50,51)52)13-28(43)31(17)26)38-35(46)37-18-3-4-22-16(6-18)9-30(63(56,57)58)32(33(22)44)42-41-27-12-21(62(53,54)55)10-23(36)34(27)45/h3-14,43-45H,1-2H3,(H2,37,38,46)(H,47,48,49)(H,50,51,52)(H,53,54,55)(H,56,57,58). The number of anilines is 1. The quantitative estimate of drug-likeness (QED) is 0.0262. The molecular formula is C35H27ClN6O17S4. The van der Waals surface area contributed by atoms with Crippen LogP contribution in [0.1, 0.15) is 5.56 Å². The Labute approximate surface area is 360 Å². The van der Waals surface area contributed by atoms with Gasteiger partial charge in [0, 0.05) is 23.2 Å². The summed E-state index contributed by atoms with van der Waals surface area (Å²) in [5.74, 6) is -2.42. The molecule has 0 saturated carbocycles. The molecule has 0 heterocycles. The van der Waals surface area contributed by atoms with Gasteiger partial charge in [-0.15, -0.1) is 15.3 Å². The minimum Gasteiger partial charge on any atom is -0.507 e. The molecule has 23 nitrogen and oxygen atoms in total. The van der Waals surface area contributed by atoms with Gasteiger partial charge < -0.3 is 30.5 Å². The van der Waals surface area contributed by atoms with Crippen molar-refractivity contribution in [2.24, 2.45) is 25.4 Å². The van der Waals surface area contributed by atoms with Gasteiger partial charge in [0.15, 0.2) is 11.5 Å². The molecular weight excluding hydrogens is 940 g/mol. The highest BCUT2D eigenvalue weighted by atomic mass is 35.5. The molecule has 0 spiro atoms. The van der Waals surface area contributed by atoms with Crippen LogP contribution in [0.4, 0.5) is 34.1 Å². The summed E-state index contributed by atoms with van der Waals surface area (Å²) in [6, 6.07) is 11.2. The van der Waals surface area contributed by atoms with Crippen molar-refractivity contribution in [1.82, 2.24) is 0 Å². The third-order valence-corrected chi connectivity index (χ3v) is 12.3. The van der Waals surface area contributed by atoms with E-state index in [1.54, 1.807) is 0 Å². The lowest BCUT2D eigenvalue weighted by molar-refractivity contribution is 0.416. The van der Waals surface area contributed by atoms with Crippen molar-refractivity contribution in [1.29, 1.82) is 0 Å². The Kier molecular flexibility index (Phi) is 12.1. The van der Waals surface area contributed by atoms with Gasteiger partial charge in [0.1, 0.15) is 33.5 Å². The number of nitrogens with zero attached hydrogens (tertiary/aromatic N) is 5. The highest BCUT2D eigenvalue weighted by Crippen LogP contribution is 2.45. The minimum atomic E-state index is -5.17. The molecule has 330 valence electrons. The second kappa shape index (κ2) is 16.6. The number of rotatable bonds is 11. The molecule has 0 amide bonds. The number of benzene rings is 6. The number of phenols is 3. The van der Waals surface area contributed by atoms with Gasteiger partial charge in [-0.3, -0.25) is 18.2 Å². The van der Waals surface area contributed by atoms with E-state index in [0.717, 1.165) is 24.3 Å². The van der Waals surface area contributed by atoms with Gasteiger partial charge in [-0.05, 0) is 83.9 Å². The van der Waals surface area contributed by atoms with E-state index in [1.165, 1.54) is 44.4 Å². The number of azo groups is 2. The average Bonchev–Trinajstić information content (AvgIpc) is 3.16. The maximum Gasteiger partial charge on any atom is 0.296 e. The first-order valence-corrected chi connectivity index (χ1v) is 22.9. The number of aromatic hydroxyl groups is 3. The molecule has 0 aliphatic rings. The number of aliphatic hydroxyl groups is 1. The van der Waals surface area contributed by atoms with Crippen molar-refractivity contribution in [2.75, 3.05) is 12.4 Å². The maximum absolute atomic E-state index is 12.4. The monoisotopic (exact) mass is 966 g/mol. The second-order valence-electron chi connectivity index (χ2n) is 12.9. The van der Waals surface area contributed by atoms with Crippen LogP contribution in [0.15, 0.2) is 118 Å². The summed E-state index contributed by atoms with van der Waals surface area (Å²) in [7, 11) is -18.5. The molecule has 0 aromatic heterocycles. The van der Waals surface area contributed by atoms with E-state index in [4.69, 9.17) is 16.3 Å². The van der Waals surface area contributed by atoms with Gasteiger partial charge in [-0.1, -0.05) is 11.6 Å². The van der Waals surface area contributed by atoms with Crippen LogP contribution in [-0.4, -0.2) is 85.4 Å². The van der Waals surface area contributed by atoms with Crippen LogP contribution >= 0.6 is 11.6 Å². The van der Waals surface area contributed by atoms with E-state index >= 15 is 0 Å². The predicted octanol–water partition coefficient (Wildman–Crippen LogP) is 7.56. The highest BCUT2D eigenvalue weighted by Gasteiger charge is 2.24. The van der Waals surface area contributed by atoms with Gasteiger partial charge in [-0.25, -0.2) is 0 Å². The van der Waals surface area contributed by atoms with Crippen molar-refractivity contribution in [2.45, 2.75) is 26.5 Å². The maximum atomic E-state index is 12.4. The normalized spacial score (nSPS) is 13.1. The van der Waals surface area contributed by atoms with Crippen molar-refractivity contribution < 1.29 is 77.0 Å². The summed E-state index contributed by atoms with van der Waals surface area (Å²) < 4.78 is 139. The van der Waals surface area contributed by atoms with Gasteiger partial charge in [0.2, 0.25) is 0 Å². The van der Waals surface area contributed by atoms with Gasteiger partial charge in [0.25, 0.3) is 46.5 Å². The summed E-state index contributed by atoms with van der Waals surface area (Å²) in [6.45, 7) is 1.53. The number of aryl methyl sites for hydroxylation is 1. The molecule has 63 heavy (non-hydrogen) atoms. The summed E-state index contributed by atoms with van der Waals surface area (Å²) in [5, 5.41) is 59.4. The summed E-state index contributed by atoms with van der Waals surface area (Å²) in [6.07, 6.45) is 0. The van der Waals surface area contributed by atoms with E-state index in [-0.39, 0.29) is 50.0 Å². The Hall–Kier alpha value is -6.56. The zero-order chi connectivity index (χ0) is 46.6. The number of methoxy groups -OCH3 is 1. The smallest absolute Gasteiger partial charge is 0.296 e. The zero-order valence-corrected chi connectivity index (χ0v) is 35.4. The molecule has 0 aliphatic carbocycles. The number of ether oxygens (including phenoxy) is 1. The van der Waals surface area contributed by atoms with Crippen molar-refractivity contribution in [3.05, 3.63) is 83.4 Å². The molecule has 0 radical (unpaired) electrons. The van der Waals surface area contributed by atoms with Crippen LogP contribution in [0.3, 0.4) is 0 Å². The SMILES string of the molecule is COc1cc(N=Nc2cc(S(=O)(=O)O)cc3cc(S(=O)(=O)O)cc(O)c23)c(C)cc1N=C(O)Nc1ccc2c(O)c(N=Nc3cc(S(=O)(=O)O)cc(Cl)c3O)c(S(=O)(=O)O)cc2c1. The molecule has 0 saturated heterocycles. The number of halogens is 1. The van der Waals surface area contributed by atoms with E-state index in [0.29, 0.717) is 23.8 Å². The first-order valence-electron chi connectivity index (χ1n) is 16.8. The Morgan fingerprint density at radius 2 is 1.19 bits per heavy atom. The minimum absolute atomic E-state index is 0.00436. The highest BCUT2D eigenvalue weighted by molar-refractivity contribution is 7.86. The predicted molar refractivity (Wildman–Crippen MR) is 223 cm³/mol. The molecule has 28 heteroatoms. The lowest BCUT2D eigenvalue weighted by atomic mass is 10.1. The first kappa shape index (κ1) is 46.0. The number of nitrogens with one attached hydrogen (secondary N) is 1. The first-order chi connectivity index (χ1) is 29.1. The fraction of sp³-hybridized carbons (Fsp3) is 0.0571. The Morgan fingerprint density at radius 3 is 1.79 bits per heavy atom. The topological polar surface area (TPSA) is 381 Å². The van der Waals surface area contributed by atoms with Crippen LogP contribution in [0, 0.1) is 6.92 Å². The van der Waals surface area contributed by atoms with Crippen LogP contribution in [0.25, 0.3) is 21.5 Å². The molecule has 9 N–H and O–H groups in total. The van der Waals surface area contributed by atoms with Crippen LogP contribution in [0.5, 0.6) is 23.0 Å². The summed E-state index contributed by atoms with van der Waals surface area (Å²) in [5.41, 5.74) is -1.40. The fourth-order valence-electron chi connectivity index (χ4n) is 5.81. The molecule has 6 aromatic rings. The van der Waals surface area contributed by atoms with E-state index in [1.807, 2.05) is 0 Å². The van der Waals surface area contributed by atoms with Crippen molar-refractivity contribution in [3.63, 3.8) is 0 Å². The number of aliphatic hydroxyl groups excluding tert-OH is 1. The summed E-state index contributed by atoms with van der Waals surface area (Å²) in [4.78, 5) is 0.766. The Balaban J connectivity index is 1.33. The second-order valence-corrected chi connectivity index (χ2v) is 19.0. The number of fused-ring (bicyclic) bond motifs is 2. The van der Waals surface area contributed by atoms with Gasteiger partial charge in [0.05, 0.1) is 43.6 Å². The molecule has 0 fully saturated rings. The van der Waals surface area contributed by atoms with Gasteiger partial charge >= 0.3 is 0 Å². The molecule has 0 bridgehead atoms. The van der Waals surface area contributed by atoms with Crippen LogP contribution in [-0.2, 0) is 40.5 Å². The van der Waals surface area contributed by atoms with E-state index < -0.39 is 99.7 Å². The number of aliphatic imine (C=N–C) groups is 1. The van der Waals surface area contributed by atoms with Crippen molar-refractivity contribution >= 4 is 114 Å². The summed E-state index contributed by atoms with van der Waals surface area (Å²) >= 11 is 5.82. The van der Waals surface area contributed by atoms with E-state index in [2.05, 4.69) is 30.8 Å². The molecule has 0 aliphatic heterocycles.